The van der Waals surface area contributed by atoms with Crippen molar-refractivity contribution >= 4 is 34.6 Å². The van der Waals surface area contributed by atoms with Crippen LogP contribution in [0.3, 0.4) is 0 Å². The molecule has 7 heteroatoms. The Morgan fingerprint density at radius 3 is 1.94 bits per heavy atom. The molecule has 5 nitrogen and oxygen atoms in total. The van der Waals surface area contributed by atoms with Gasteiger partial charge in [0.2, 0.25) is 0 Å². The molecule has 1 N–H and O–H groups in total. The van der Waals surface area contributed by atoms with Crippen LogP contribution in [0.25, 0.3) is 0 Å². The normalized spacial score (nSPS) is 14.6. The van der Waals surface area contributed by atoms with Crippen molar-refractivity contribution in [1.82, 2.24) is 5.32 Å². The molecule has 0 unspecified atom stereocenters. The summed E-state index contributed by atoms with van der Waals surface area (Å²) in [4.78, 5) is 0. The van der Waals surface area contributed by atoms with Crippen LogP contribution in [0.15, 0.2) is 120 Å². The van der Waals surface area contributed by atoms with E-state index in [2.05, 4.69) is 133 Å². The van der Waals surface area contributed by atoms with Crippen molar-refractivity contribution in [2.75, 3.05) is 20.8 Å². The Kier molecular flexibility index (Phi) is 10.3. The lowest BCUT2D eigenvalue weighted by atomic mass is 9.89. The van der Waals surface area contributed by atoms with E-state index in [0.717, 1.165) is 46.5 Å². The van der Waals surface area contributed by atoms with Crippen LogP contribution in [0, 0.1) is 0 Å². The Bertz CT molecular complexity index is 1790. The van der Waals surface area contributed by atoms with E-state index in [1.807, 2.05) is 24.3 Å². The monoisotopic (exact) mass is 721 g/mol. The summed E-state index contributed by atoms with van der Waals surface area (Å²) in [6.45, 7) is 8.22. The Labute approximate surface area is 294 Å². The van der Waals surface area contributed by atoms with E-state index < -0.39 is 8.32 Å². The van der Waals surface area contributed by atoms with E-state index in [-0.39, 0.29) is 11.1 Å². The fourth-order valence-electron chi connectivity index (χ4n) is 6.87. The molecule has 248 valence electrons. The number of halogens is 1. The molecule has 0 radical (unpaired) electrons. The van der Waals surface area contributed by atoms with E-state index in [1.54, 1.807) is 14.2 Å². The van der Waals surface area contributed by atoms with Crippen molar-refractivity contribution in [2.24, 2.45) is 0 Å². The minimum atomic E-state index is -2.88. The molecule has 1 heterocycles. The van der Waals surface area contributed by atoms with E-state index in [9.17, 15) is 0 Å². The number of rotatable bonds is 11. The van der Waals surface area contributed by atoms with Gasteiger partial charge in [-0.3, -0.25) is 0 Å². The third-order valence-electron chi connectivity index (χ3n) is 9.28. The number of hydrogen-bond acceptors (Lipinski definition) is 5. The third kappa shape index (κ3) is 6.77. The second kappa shape index (κ2) is 14.6. The predicted molar refractivity (Wildman–Crippen MR) is 201 cm³/mol. The van der Waals surface area contributed by atoms with Crippen LogP contribution in [-0.4, -0.2) is 29.1 Å². The Balaban J connectivity index is 1.39. The summed E-state index contributed by atoms with van der Waals surface area (Å²) >= 11 is 3.89. The van der Waals surface area contributed by atoms with Crippen LogP contribution < -0.4 is 34.3 Å². The van der Waals surface area contributed by atoms with Gasteiger partial charge in [-0.2, -0.15) is 0 Å². The summed E-state index contributed by atoms with van der Waals surface area (Å²) in [5, 5.41) is 6.07. The molecular formula is C41H44BrNO4Si. The molecule has 0 spiro atoms. The highest BCUT2D eigenvalue weighted by Gasteiger charge is 2.52. The summed E-state index contributed by atoms with van der Waals surface area (Å²) < 4.78 is 26.5. The summed E-state index contributed by atoms with van der Waals surface area (Å²) in [6, 6.07) is 40.3. The maximum absolute atomic E-state index is 7.51. The second-order valence-electron chi connectivity index (χ2n) is 13.3. The van der Waals surface area contributed by atoms with Gasteiger partial charge in [0.15, 0.2) is 17.2 Å². The number of benzene rings is 5. The summed E-state index contributed by atoms with van der Waals surface area (Å²) in [5.74, 6) is 2.95. The highest BCUT2D eigenvalue weighted by atomic mass is 79.9. The van der Waals surface area contributed by atoms with Gasteiger partial charge in [-0.25, -0.2) is 0 Å². The van der Waals surface area contributed by atoms with Gasteiger partial charge in [-0.05, 0) is 91.2 Å². The second-order valence-corrected chi connectivity index (χ2v) is 18.3. The average Bonchev–Trinajstić information content (AvgIpc) is 3.11. The quantitative estimate of drug-likeness (QED) is 0.139. The topological polar surface area (TPSA) is 49.0 Å². The molecule has 0 saturated carbocycles. The Morgan fingerprint density at radius 2 is 1.35 bits per heavy atom. The van der Waals surface area contributed by atoms with Gasteiger partial charge >= 0.3 is 8.32 Å². The molecule has 0 fully saturated rings. The highest BCUT2D eigenvalue weighted by Crippen LogP contribution is 2.44. The molecule has 1 atom stereocenters. The number of ether oxygens (including phenoxy) is 3. The van der Waals surface area contributed by atoms with Crippen LogP contribution in [0.1, 0.15) is 49.1 Å². The first kappa shape index (κ1) is 33.8. The van der Waals surface area contributed by atoms with Crippen LogP contribution in [0.2, 0.25) is 5.04 Å². The Hall–Kier alpha value is -4.04. The third-order valence-corrected chi connectivity index (χ3v) is 15.1. The van der Waals surface area contributed by atoms with E-state index >= 15 is 0 Å². The summed E-state index contributed by atoms with van der Waals surface area (Å²) in [5.41, 5.74) is 4.73. The number of fused-ring (bicyclic) bond motifs is 1. The maximum atomic E-state index is 7.51. The van der Waals surface area contributed by atoms with Gasteiger partial charge < -0.3 is 24.0 Å². The van der Waals surface area contributed by atoms with Gasteiger partial charge in [0.1, 0.15) is 12.4 Å². The molecule has 48 heavy (non-hydrogen) atoms. The zero-order chi connectivity index (χ0) is 33.7. The molecule has 0 bridgehead atoms. The number of hydrogen-bond donors (Lipinski definition) is 1. The van der Waals surface area contributed by atoms with Gasteiger partial charge in [-0.1, -0.05) is 118 Å². The van der Waals surface area contributed by atoms with Crippen molar-refractivity contribution in [3.63, 3.8) is 0 Å². The smallest absolute Gasteiger partial charge is 0.320 e. The molecule has 5 aromatic rings. The van der Waals surface area contributed by atoms with Crippen LogP contribution in [0.4, 0.5) is 0 Å². The zero-order valence-electron chi connectivity index (χ0n) is 28.4. The molecule has 5 aromatic carbocycles. The van der Waals surface area contributed by atoms with E-state index in [0.29, 0.717) is 18.1 Å². The molecule has 1 aliphatic heterocycles. The number of methoxy groups -OCH3 is 2. The van der Waals surface area contributed by atoms with Crippen LogP contribution in [0.5, 0.6) is 23.0 Å². The van der Waals surface area contributed by atoms with Crippen molar-refractivity contribution in [2.45, 2.75) is 51.3 Å². The van der Waals surface area contributed by atoms with Gasteiger partial charge in [0.25, 0.3) is 0 Å². The zero-order valence-corrected chi connectivity index (χ0v) is 31.0. The summed E-state index contributed by atoms with van der Waals surface area (Å²) in [6.07, 6.45) is 1.67. The summed E-state index contributed by atoms with van der Waals surface area (Å²) in [7, 11) is 0.535. The molecular weight excluding hydrogens is 678 g/mol. The van der Waals surface area contributed by atoms with Crippen molar-refractivity contribution in [3.05, 3.63) is 142 Å². The fourth-order valence-corrected chi connectivity index (χ4v) is 11.9. The largest absolute Gasteiger partial charge is 0.531 e. The molecule has 0 amide bonds. The molecule has 1 aliphatic rings. The predicted octanol–water partition coefficient (Wildman–Crippen LogP) is 8.41. The lowest BCUT2D eigenvalue weighted by Gasteiger charge is -2.43. The minimum Gasteiger partial charge on any atom is -0.531 e. The molecule has 0 aliphatic carbocycles. The molecule has 0 saturated heterocycles. The standard InChI is InChI=1S/C41H44BrNO4Si/c1-41(2,3)48(32-17-11-7-12-18-32,33-19-13-8-14-20-33)47-38-27-34-30(26-37(38)45-5)23-24-43-35(34)25-31-21-22-36(44-4)40(39(31)42)46-28-29-15-9-6-10-16-29/h6-22,26-27,35,43H,23-25,28H2,1-5H3/t35-/m1/s1. The first-order chi connectivity index (χ1) is 23.2. The highest BCUT2D eigenvalue weighted by molar-refractivity contribution is 9.10. The average molecular weight is 723 g/mol. The SMILES string of the molecule is COc1cc2c(cc1O[Si](c1ccccc1)(c1ccccc1)C(C)(C)C)[C@@H](Cc1ccc(OC)c(OCc3ccccc3)c1Br)NCC2. The lowest BCUT2D eigenvalue weighted by Crippen LogP contribution is -2.68. The first-order valence-electron chi connectivity index (χ1n) is 16.5. The molecule has 6 rings (SSSR count). The molecule has 0 aromatic heterocycles. The van der Waals surface area contributed by atoms with Crippen LogP contribution >= 0.6 is 15.9 Å². The van der Waals surface area contributed by atoms with Crippen molar-refractivity contribution in [3.8, 4) is 23.0 Å². The lowest BCUT2D eigenvalue weighted by molar-refractivity contribution is 0.282. The first-order valence-corrected chi connectivity index (χ1v) is 19.2. The number of nitrogens with one attached hydrogen (secondary N) is 1. The van der Waals surface area contributed by atoms with Crippen molar-refractivity contribution < 1.29 is 18.6 Å². The van der Waals surface area contributed by atoms with Crippen LogP contribution in [-0.2, 0) is 19.4 Å². The van der Waals surface area contributed by atoms with E-state index in [1.165, 1.54) is 21.5 Å². The maximum Gasteiger partial charge on any atom is 0.320 e. The Morgan fingerprint density at radius 1 is 0.750 bits per heavy atom. The minimum absolute atomic E-state index is 0.0628. The van der Waals surface area contributed by atoms with Gasteiger partial charge in [0, 0.05) is 6.04 Å². The van der Waals surface area contributed by atoms with Crippen molar-refractivity contribution in [1.29, 1.82) is 0 Å². The van der Waals surface area contributed by atoms with Gasteiger partial charge in [0.05, 0.1) is 18.7 Å². The fraction of sp³-hybridized carbons (Fsp3) is 0.268. The van der Waals surface area contributed by atoms with Gasteiger partial charge in [-0.15, -0.1) is 0 Å². The van der Waals surface area contributed by atoms with E-state index in [4.69, 9.17) is 18.6 Å².